The monoisotopic (exact) mass is 287 g/mol. The molecular weight excluding hydrogens is 258 g/mol. The lowest BCUT2D eigenvalue weighted by molar-refractivity contribution is -0.0224. The third-order valence-corrected chi connectivity index (χ3v) is 5.09. The minimum absolute atomic E-state index is 0.480. The molecule has 1 aromatic carbocycles. The van der Waals surface area contributed by atoms with Gasteiger partial charge in [-0.05, 0) is 42.7 Å². The average molecular weight is 287 g/mol. The number of benzene rings is 1. The predicted octanol–water partition coefficient (Wildman–Crippen LogP) is 4.42. The highest BCUT2D eigenvalue weighted by atomic mass is 16.5. The largest absolute Gasteiger partial charge is 0.373 e. The number of rotatable bonds is 7. The second-order valence-electron chi connectivity index (χ2n) is 6.73. The maximum absolute atomic E-state index is 6.31. The first-order chi connectivity index (χ1) is 10.4. The Balaban J connectivity index is 1.55. The Kier molecular flexibility index (Phi) is 5.32. The van der Waals surface area contributed by atoms with Crippen molar-refractivity contribution < 1.29 is 4.74 Å². The van der Waals surface area contributed by atoms with E-state index in [1.807, 2.05) is 0 Å². The fourth-order valence-electron chi connectivity index (χ4n) is 3.47. The van der Waals surface area contributed by atoms with Crippen LogP contribution in [-0.2, 0) is 17.9 Å². The van der Waals surface area contributed by atoms with Crippen molar-refractivity contribution in [1.82, 2.24) is 5.32 Å². The molecule has 2 aliphatic carbocycles. The molecule has 0 bridgehead atoms. The molecule has 0 amide bonds. The fourth-order valence-corrected chi connectivity index (χ4v) is 3.47. The number of ether oxygens (including phenoxy) is 1. The van der Waals surface area contributed by atoms with Gasteiger partial charge in [0.2, 0.25) is 0 Å². The van der Waals surface area contributed by atoms with Crippen molar-refractivity contribution >= 4 is 0 Å². The second-order valence-corrected chi connectivity index (χ2v) is 6.73. The van der Waals surface area contributed by atoms with Crippen molar-refractivity contribution in [3.63, 3.8) is 0 Å². The molecule has 21 heavy (non-hydrogen) atoms. The van der Waals surface area contributed by atoms with Gasteiger partial charge in [-0.1, -0.05) is 50.5 Å². The van der Waals surface area contributed by atoms with Gasteiger partial charge in [-0.2, -0.15) is 0 Å². The molecule has 0 aromatic heterocycles. The van der Waals surface area contributed by atoms with E-state index >= 15 is 0 Å². The van der Waals surface area contributed by atoms with Crippen LogP contribution in [0.25, 0.3) is 0 Å². The van der Waals surface area contributed by atoms with Crippen molar-refractivity contribution in [3.8, 4) is 0 Å². The van der Waals surface area contributed by atoms with Crippen LogP contribution >= 0.6 is 0 Å². The van der Waals surface area contributed by atoms with Gasteiger partial charge in [-0.3, -0.25) is 0 Å². The normalized spacial score (nSPS) is 26.0. The first kappa shape index (κ1) is 15.1. The van der Waals surface area contributed by atoms with Gasteiger partial charge in [0.1, 0.15) is 0 Å². The molecule has 0 aliphatic heterocycles. The lowest BCUT2D eigenvalue weighted by atomic mass is 9.85. The molecule has 0 spiro atoms. The van der Waals surface area contributed by atoms with Crippen LogP contribution in [0.1, 0.15) is 63.0 Å². The third kappa shape index (κ3) is 4.31. The molecule has 2 aliphatic rings. The zero-order valence-electron chi connectivity index (χ0n) is 13.3. The molecule has 2 unspecified atom stereocenters. The van der Waals surface area contributed by atoms with Crippen molar-refractivity contribution in [2.24, 2.45) is 5.92 Å². The summed E-state index contributed by atoms with van der Waals surface area (Å²) < 4.78 is 6.31. The zero-order chi connectivity index (χ0) is 14.5. The van der Waals surface area contributed by atoms with Gasteiger partial charge >= 0.3 is 0 Å². The molecule has 2 heteroatoms. The summed E-state index contributed by atoms with van der Waals surface area (Å²) in [4.78, 5) is 0. The van der Waals surface area contributed by atoms with E-state index < -0.39 is 0 Å². The van der Waals surface area contributed by atoms with Gasteiger partial charge in [-0.25, -0.2) is 0 Å². The minimum atomic E-state index is 0.480. The summed E-state index contributed by atoms with van der Waals surface area (Å²) in [7, 11) is 0. The molecule has 2 fully saturated rings. The Morgan fingerprint density at radius 1 is 1.05 bits per heavy atom. The Labute approximate surface area is 129 Å². The molecule has 0 radical (unpaired) electrons. The van der Waals surface area contributed by atoms with Crippen LogP contribution < -0.4 is 5.32 Å². The Bertz CT molecular complexity index is 441. The molecule has 2 saturated carbocycles. The highest BCUT2D eigenvalue weighted by molar-refractivity contribution is 5.26. The molecule has 116 valence electrons. The van der Waals surface area contributed by atoms with Crippen LogP contribution in [-0.4, -0.2) is 12.1 Å². The molecule has 1 aromatic rings. The van der Waals surface area contributed by atoms with E-state index in [0.29, 0.717) is 6.10 Å². The fraction of sp³-hybridized carbons (Fsp3) is 0.684. The van der Waals surface area contributed by atoms with Crippen molar-refractivity contribution in [3.05, 3.63) is 35.4 Å². The second kappa shape index (κ2) is 7.42. The van der Waals surface area contributed by atoms with Crippen molar-refractivity contribution in [2.75, 3.05) is 0 Å². The summed E-state index contributed by atoms with van der Waals surface area (Å²) in [6, 6.07) is 9.52. The quantitative estimate of drug-likeness (QED) is 0.801. The summed E-state index contributed by atoms with van der Waals surface area (Å²) in [5, 5.41) is 3.62. The number of hydrogen-bond acceptors (Lipinski definition) is 2. The molecular formula is C19H29NO. The van der Waals surface area contributed by atoms with E-state index in [-0.39, 0.29) is 0 Å². The van der Waals surface area contributed by atoms with E-state index in [1.54, 1.807) is 0 Å². The number of nitrogens with one attached hydrogen (secondary N) is 1. The number of hydrogen-bond donors (Lipinski definition) is 1. The van der Waals surface area contributed by atoms with E-state index in [9.17, 15) is 0 Å². The first-order valence-electron chi connectivity index (χ1n) is 8.78. The van der Waals surface area contributed by atoms with E-state index in [2.05, 4.69) is 36.5 Å². The zero-order valence-corrected chi connectivity index (χ0v) is 13.3. The first-order valence-corrected chi connectivity index (χ1v) is 8.78. The van der Waals surface area contributed by atoms with Crippen LogP contribution in [0, 0.1) is 5.92 Å². The minimum Gasteiger partial charge on any atom is -0.373 e. The Morgan fingerprint density at radius 3 is 2.57 bits per heavy atom. The van der Waals surface area contributed by atoms with Gasteiger partial charge in [0.25, 0.3) is 0 Å². The maximum Gasteiger partial charge on any atom is 0.0723 e. The van der Waals surface area contributed by atoms with Crippen LogP contribution in [0.5, 0.6) is 0 Å². The third-order valence-electron chi connectivity index (χ3n) is 5.09. The summed E-state index contributed by atoms with van der Waals surface area (Å²) in [5.41, 5.74) is 2.78. The average Bonchev–Trinajstić information content (AvgIpc) is 3.36. The van der Waals surface area contributed by atoms with Crippen LogP contribution in [0.15, 0.2) is 24.3 Å². The highest BCUT2D eigenvalue weighted by Crippen LogP contribution is 2.30. The standard InChI is InChI=1S/C19H29NO/c1-2-15-7-5-6-10-19(15)21-14-17-9-4-3-8-16(17)13-20-18-11-12-18/h3-4,8-9,15,18-20H,2,5-7,10-14H2,1H3. The van der Waals surface area contributed by atoms with E-state index in [4.69, 9.17) is 4.74 Å². The van der Waals surface area contributed by atoms with E-state index in [1.165, 1.54) is 56.1 Å². The SMILES string of the molecule is CCC1CCCCC1OCc1ccccc1CNC1CC1. The van der Waals surface area contributed by atoms with Gasteiger partial charge in [0.05, 0.1) is 12.7 Å². The van der Waals surface area contributed by atoms with E-state index in [0.717, 1.165) is 25.1 Å². The van der Waals surface area contributed by atoms with Gasteiger partial charge < -0.3 is 10.1 Å². The summed E-state index contributed by atoms with van der Waals surface area (Å²) >= 11 is 0. The van der Waals surface area contributed by atoms with Crippen molar-refractivity contribution in [2.45, 2.75) is 77.2 Å². The van der Waals surface area contributed by atoms with Crippen LogP contribution in [0.2, 0.25) is 0 Å². The van der Waals surface area contributed by atoms with Gasteiger partial charge in [0.15, 0.2) is 0 Å². The molecule has 0 saturated heterocycles. The highest BCUT2D eigenvalue weighted by Gasteiger charge is 2.24. The molecule has 2 nitrogen and oxygen atoms in total. The Hall–Kier alpha value is -0.860. The summed E-state index contributed by atoms with van der Waals surface area (Å²) in [5.74, 6) is 0.774. The van der Waals surface area contributed by atoms with Crippen LogP contribution in [0.4, 0.5) is 0 Å². The van der Waals surface area contributed by atoms with Gasteiger partial charge in [-0.15, -0.1) is 0 Å². The lowest BCUT2D eigenvalue weighted by Crippen LogP contribution is -2.27. The molecule has 2 atom stereocenters. The molecule has 1 N–H and O–H groups in total. The maximum atomic E-state index is 6.31. The van der Waals surface area contributed by atoms with Crippen molar-refractivity contribution in [1.29, 1.82) is 0 Å². The van der Waals surface area contributed by atoms with Gasteiger partial charge in [0, 0.05) is 12.6 Å². The Morgan fingerprint density at radius 2 is 1.81 bits per heavy atom. The smallest absolute Gasteiger partial charge is 0.0723 e. The topological polar surface area (TPSA) is 21.3 Å². The summed E-state index contributed by atoms with van der Waals surface area (Å²) in [6.07, 6.45) is 9.76. The lowest BCUT2D eigenvalue weighted by Gasteiger charge is -2.31. The molecule has 3 rings (SSSR count). The van der Waals surface area contributed by atoms with Crippen LogP contribution in [0.3, 0.4) is 0 Å². The molecule has 0 heterocycles. The summed E-state index contributed by atoms with van der Waals surface area (Å²) in [6.45, 7) is 4.08. The predicted molar refractivity (Wildman–Crippen MR) is 87.1 cm³/mol.